The van der Waals surface area contributed by atoms with Crippen molar-refractivity contribution in [1.29, 1.82) is 0 Å². The Morgan fingerprint density at radius 3 is 2.72 bits per heavy atom. The van der Waals surface area contributed by atoms with E-state index in [0.29, 0.717) is 37.3 Å². The van der Waals surface area contributed by atoms with Gasteiger partial charge in [-0.3, -0.25) is 9.89 Å². The smallest absolute Gasteiger partial charge is 0.370 e. The lowest BCUT2D eigenvalue weighted by Gasteiger charge is -2.36. The van der Waals surface area contributed by atoms with Gasteiger partial charge in [0, 0.05) is 32.2 Å². The summed E-state index contributed by atoms with van der Waals surface area (Å²) in [5.74, 6) is 0.760. The number of hydrogen-bond acceptors (Lipinski definition) is 3. The average Bonchev–Trinajstić information content (AvgIpc) is 3.52. The summed E-state index contributed by atoms with van der Waals surface area (Å²) in [5, 5.41) is 3.41. The van der Waals surface area contributed by atoms with Crippen molar-refractivity contribution in [2.24, 2.45) is 4.99 Å². The highest BCUT2D eigenvalue weighted by Crippen LogP contribution is 2.32. The zero-order chi connectivity index (χ0) is 20.3. The molecule has 2 aliphatic rings. The average molecular weight is 526 g/mol. The lowest BCUT2D eigenvalue weighted by Crippen LogP contribution is -2.51. The van der Waals surface area contributed by atoms with E-state index >= 15 is 0 Å². The Morgan fingerprint density at radius 2 is 2.10 bits per heavy atom. The molecule has 1 aliphatic heterocycles. The second-order valence-corrected chi connectivity index (χ2v) is 7.60. The lowest BCUT2D eigenvalue weighted by atomic mass is 10.0. The number of nitrogens with zero attached hydrogens (tertiary/aromatic N) is 3. The van der Waals surface area contributed by atoms with Gasteiger partial charge in [-0.15, -0.1) is 24.0 Å². The standard InChI is InChI=1S/C20H29F3N4O.HI/c1-14(26(3)17-7-8-17)12-25-19(24-2)27-9-10-28-18(13-27)15-5-4-6-16(11-15)20(21,22)23;/h4-6,11,14,17-18H,7-10,12-13H2,1-3H3,(H,24,25);1H. The maximum absolute atomic E-state index is 13.0. The highest BCUT2D eigenvalue weighted by Gasteiger charge is 2.32. The molecule has 29 heavy (non-hydrogen) atoms. The molecule has 1 aromatic carbocycles. The third-order valence-corrected chi connectivity index (χ3v) is 5.54. The van der Waals surface area contributed by atoms with Crippen LogP contribution in [0.3, 0.4) is 0 Å². The first-order chi connectivity index (χ1) is 13.3. The van der Waals surface area contributed by atoms with Crippen LogP contribution in [0.2, 0.25) is 0 Å². The molecule has 164 valence electrons. The highest BCUT2D eigenvalue weighted by atomic mass is 127. The summed E-state index contributed by atoms with van der Waals surface area (Å²) in [4.78, 5) is 8.80. The van der Waals surface area contributed by atoms with Gasteiger partial charge >= 0.3 is 6.18 Å². The zero-order valence-corrected chi connectivity index (χ0v) is 19.4. The van der Waals surface area contributed by atoms with Crippen molar-refractivity contribution in [2.75, 3.05) is 40.3 Å². The molecule has 0 bridgehead atoms. The second-order valence-electron chi connectivity index (χ2n) is 7.60. The Hall–Kier alpha value is -1.07. The number of ether oxygens (including phenoxy) is 1. The number of rotatable bonds is 5. The molecule has 2 unspecified atom stereocenters. The van der Waals surface area contributed by atoms with E-state index in [0.717, 1.165) is 18.6 Å². The molecule has 3 rings (SSSR count). The SMILES string of the molecule is CN=C(NCC(C)N(C)C1CC1)N1CCOC(c2cccc(C(F)(F)F)c2)C1.I. The fourth-order valence-corrected chi connectivity index (χ4v) is 3.52. The molecule has 2 atom stereocenters. The Kier molecular flexibility index (Phi) is 8.59. The third kappa shape index (κ3) is 6.45. The van der Waals surface area contributed by atoms with Crippen molar-refractivity contribution in [1.82, 2.24) is 15.1 Å². The summed E-state index contributed by atoms with van der Waals surface area (Å²) in [7, 11) is 3.87. The van der Waals surface area contributed by atoms with E-state index in [1.807, 2.05) is 0 Å². The predicted octanol–water partition coefficient (Wildman–Crippen LogP) is 3.75. The van der Waals surface area contributed by atoms with E-state index < -0.39 is 17.8 Å². The minimum atomic E-state index is -4.36. The molecule has 1 saturated heterocycles. The topological polar surface area (TPSA) is 40.1 Å². The summed E-state index contributed by atoms with van der Waals surface area (Å²) < 4.78 is 44.8. The first kappa shape index (κ1) is 24.2. The molecule has 5 nitrogen and oxygen atoms in total. The molecule has 1 aliphatic carbocycles. The monoisotopic (exact) mass is 526 g/mol. The van der Waals surface area contributed by atoms with Crippen molar-refractivity contribution in [2.45, 2.75) is 44.1 Å². The first-order valence-electron chi connectivity index (χ1n) is 9.76. The van der Waals surface area contributed by atoms with Crippen LogP contribution in [-0.2, 0) is 10.9 Å². The van der Waals surface area contributed by atoms with Crippen LogP contribution in [0.1, 0.15) is 37.0 Å². The van der Waals surface area contributed by atoms with Gasteiger partial charge in [0.25, 0.3) is 0 Å². The number of guanidine groups is 1. The highest BCUT2D eigenvalue weighted by molar-refractivity contribution is 14.0. The summed E-state index contributed by atoms with van der Waals surface area (Å²) >= 11 is 0. The Labute approximate surface area is 187 Å². The number of likely N-dealkylation sites (N-methyl/N-ethyl adjacent to an activating group) is 1. The fourth-order valence-electron chi connectivity index (χ4n) is 3.52. The normalized spacial score (nSPS) is 21.7. The van der Waals surface area contributed by atoms with E-state index in [1.165, 1.54) is 25.0 Å². The van der Waals surface area contributed by atoms with Crippen molar-refractivity contribution in [3.8, 4) is 0 Å². The van der Waals surface area contributed by atoms with E-state index in [-0.39, 0.29) is 24.0 Å². The second kappa shape index (κ2) is 10.3. The van der Waals surface area contributed by atoms with Gasteiger partial charge in [0.2, 0.25) is 0 Å². The van der Waals surface area contributed by atoms with Gasteiger partial charge in [0.05, 0.1) is 18.7 Å². The summed E-state index contributed by atoms with van der Waals surface area (Å²) in [5.41, 5.74) is -0.109. The van der Waals surface area contributed by atoms with Crippen LogP contribution in [0.15, 0.2) is 29.3 Å². The number of hydrogen-bond donors (Lipinski definition) is 1. The number of nitrogens with one attached hydrogen (secondary N) is 1. The van der Waals surface area contributed by atoms with Gasteiger partial charge in [0.15, 0.2) is 5.96 Å². The van der Waals surface area contributed by atoms with Crippen LogP contribution in [-0.4, -0.2) is 68.2 Å². The zero-order valence-electron chi connectivity index (χ0n) is 17.1. The summed E-state index contributed by atoms with van der Waals surface area (Å²) in [6.45, 7) is 4.52. The van der Waals surface area contributed by atoms with Crippen molar-refractivity contribution in [3.05, 3.63) is 35.4 Å². The molecule has 1 N–H and O–H groups in total. The minimum Gasteiger partial charge on any atom is -0.370 e. The number of benzene rings is 1. The van der Waals surface area contributed by atoms with E-state index in [1.54, 1.807) is 13.1 Å². The molecule has 1 heterocycles. The fraction of sp³-hybridized carbons (Fsp3) is 0.650. The molecular formula is C20H30F3IN4O. The molecule has 2 fully saturated rings. The predicted molar refractivity (Wildman–Crippen MR) is 119 cm³/mol. The molecule has 0 spiro atoms. The number of aliphatic imine (C=N–C) groups is 1. The van der Waals surface area contributed by atoms with Crippen LogP contribution in [0.4, 0.5) is 13.2 Å². The number of halogens is 4. The molecular weight excluding hydrogens is 496 g/mol. The Bertz CT molecular complexity index is 697. The van der Waals surface area contributed by atoms with Crippen molar-refractivity contribution >= 4 is 29.9 Å². The maximum Gasteiger partial charge on any atom is 0.416 e. The van der Waals surface area contributed by atoms with Crippen molar-refractivity contribution < 1.29 is 17.9 Å². The van der Waals surface area contributed by atoms with E-state index in [9.17, 15) is 13.2 Å². The Balaban J connectivity index is 0.00000300. The molecule has 1 saturated carbocycles. The van der Waals surface area contributed by atoms with Crippen LogP contribution < -0.4 is 5.32 Å². The van der Waals surface area contributed by atoms with E-state index in [4.69, 9.17) is 4.74 Å². The van der Waals surface area contributed by atoms with Gasteiger partial charge in [0.1, 0.15) is 6.10 Å². The number of alkyl halides is 3. The molecule has 9 heteroatoms. The molecule has 0 radical (unpaired) electrons. The minimum absolute atomic E-state index is 0. The quantitative estimate of drug-likeness (QED) is 0.361. The molecule has 1 aromatic rings. The largest absolute Gasteiger partial charge is 0.416 e. The van der Waals surface area contributed by atoms with Crippen LogP contribution in [0.5, 0.6) is 0 Å². The summed E-state index contributed by atoms with van der Waals surface area (Å²) in [6.07, 6.45) is -2.25. The van der Waals surface area contributed by atoms with Gasteiger partial charge in [-0.2, -0.15) is 13.2 Å². The maximum atomic E-state index is 13.0. The van der Waals surface area contributed by atoms with Gasteiger partial charge in [-0.25, -0.2) is 0 Å². The van der Waals surface area contributed by atoms with Crippen LogP contribution >= 0.6 is 24.0 Å². The first-order valence-corrected chi connectivity index (χ1v) is 9.76. The lowest BCUT2D eigenvalue weighted by molar-refractivity contribution is -0.137. The Morgan fingerprint density at radius 1 is 1.38 bits per heavy atom. The summed E-state index contributed by atoms with van der Waals surface area (Å²) in [6, 6.07) is 6.45. The van der Waals surface area contributed by atoms with E-state index in [2.05, 4.69) is 34.1 Å². The van der Waals surface area contributed by atoms with Gasteiger partial charge in [-0.1, -0.05) is 12.1 Å². The van der Waals surface area contributed by atoms with Gasteiger partial charge in [-0.05, 0) is 44.5 Å². The molecule has 0 amide bonds. The van der Waals surface area contributed by atoms with Gasteiger partial charge < -0.3 is 15.0 Å². The third-order valence-electron chi connectivity index (χ3n) is 5.54. The van der Waals surface area contributed by atoms with Crippen molar-refractivity contribution in [3.63, 3.8) is 0 Å². The number of morpholine rings is 1. The van der Waals surface area contributed by atoms with Crippen LogP contribution in [0.25, 0.3) is 0 Å². The van der Waals surface area contributed by atoms with Crippen LogP contribution in [0, 0.1) is 0 Å². The molecule has 0 aromatic heterocycles.